The van der Waals surface area contributed by atoms with Gasteiger partial charge in [-0.05, 0) is 25.0 Å². The molecular weight excluding hydrogens is 244 g/mol. The second-order valence-electron chi connectivity index (χ2n) is 3.86. The van der Waals surface area contributed by atoms with E-state index in [1.165, 1.54) is 13.3 Å². The molecule has 0 aromatic carbocycles. The van der Waals surface area contributed by atoms with Crippen LogP contribution in [0, 0.1) is 12.3 Å². The van der Waals surface area contributed by atoms with Gasteiger partial charge in [-0.25, -0.2) is 4.79 Å². The molecule has 0 bridgehead atoms. The summed E-state index contributed by atoms with van der Waals surface area (Å²) in [5.74, 6) is 1.60. The van der Waals surface area contributed by atoms with Crippen LogP contribution in [0.2, 0.25) is 0 Å². The van der Waals surface area contributed by atoms with Gasteiger partial charge in [0.05, 0.1) is 7.11 Å². The smallest absolute Gasteiger partial charge is 0.328 e. The van der Waals surface area contributed by atoms with Crippen molar-refractivity contribution in [2.45, 2.75) is 25.3 Å². The molecule has 0 fully saturated rings. The molecule has 1 amide bonds. The molecule has 19 heavy (non-hydrogen) atoms. The number of hydrogen-bond donors (Lipinski definition) is 1. The predicted octanol–water partition coefficient (Wildman–Crippen LogP) is 1.16. The molecule has 1 aromatic heterocycles. The van der Waals surface area contributed by atoms with Gasteiger partial charge in [-0.2, -0.15) is 0 Å². The lowest BCUT2D eigenvalue weighted by atomic mass is 10.1. The maximum absolute atomic E-state index is 11.9. The first kappa shape index (κ1) is 14.7. The van der Waals surface area contributed by atoms with Gasteiger partial charge in [-0.15, -0.1) is 12.3 Å². The van der Waals surface area contributed by atoms with Crippen molar-refractivity contribution < 1.29 is 14.3 Å². The molecule has 0 unspecified atom stereocenters. The molecule has 0 aliphatic carbocycles. The first-order valence-electron chi connectivity index (χ1n) is 5.92. The minimum Gasteiger partial charge on any atom is -0.467 e. The third-order valence-electron chi connectivity index (χ3n) is 2.50. The number of nitrogens with zero attached hydrogens (tertiary/aromatic N) is 1. The number of aromatic nitrogens is 1. The average Bonchev–Trinajstić information content (AvgIpc) is 2.46. The second-order valence-corrected chi connectivity index (χ2v) is 3.86. The van der Waals surface area contributed by atoms with Crippen LogP contribution in [-0.2, 0) is 9.53 Å². The summed E-state index contributed by atoms with van der Waals surface area (Å²) in [4.78, 5) is 27.4. The Morgan fingerprint density at radius 2 is 2.32 bits per heavy atom. The van der Waals surface area contributed by atoms with Gasteiger partial charge < -0.3 is 10.1 Å². The van der Waals surface area contributed by atoms with Crippen LogP contribution in [-0.4, -0.2) is 30.0 Å². The Labute approximate surface area is 112 Å². The molecule has 0 aliphatic rings. The van der Waals surface area contributed by atoms with Crippen molar-refractivity contribution in [3.8, 4) is 12.3 Å². The topological polar surface area (TPSA) is 68.3 Å². The van der Waals surface area contributed by atoms with Gasteiger partial charge in [-0.3, -0.25) is 9.78 Å². The van der Waals surface area contributed by atoms with E-state index in [-0.39, 0.29) is 5.69 Å². The summed E-state index contributed by atoms with van der Waals surface area (Å²) in [6.07, 6.45) is 8.29. The van der Waals surface area contributed by atoms with E-state index in [2.05, 4.69) is 21.0 Å². The highest BCUT2D eigenvalue weighted by atomic mass is 16.5. The lowest BCUT2D eigenvalue weighted by Gasteiger charge is -2.15. The van der Waals surface area contributed by atoms with Gasteiger partial charge in [0.2, 0.25) is 0 Å². The van der Waals surface area contributed by atoms with E-state index in [0.717, 1.165) is 0 Å². The summed E-state index contributed by atoms with van der Waals surface area (Å²) in [5.41, 5.74) is 0.258. The molecule has 1 rings (SSSR count). The number of ether oxygens (including phenoxy) is 1. The van der Waals surface area contributed by atoms with Crippen molar-refractivity contribution in [1.82, 2.24) is 10.3 Å². The Morgan fingerprint density at radius 1 is 1.53 bits per heavy atom. The van der Waals surface area contributed by atoms with E-state index in [1.54, 1.807) is 18.2 Å². The van der Waals surface area contributed by atoms with Gasteiger partial charge in [-0.1, -0.05) is 6.07 Å². The van der Waals surface area contributed by atoms with Gasteiger partial charge in [0.1, 0.15) is 11.7 Å². The van der Waals surface area contributed by atoms with Gasteiger partial charge in [0, 0.05) is 12.6 Å². The minimum absolute atomic E-state index is 0.258. The molecule has 1 atom stereocenters. The number of terminal acetylenes is 1. The fourth-order valence-electron chi connectivity index (χ4n) is 1.53. The van der Waals surface area contributed by atoms with Crippen LogP contribution in [0.3, 0.4) is 0 Å². The molecule has 5 nitrogen and oxygen atoms in total. The van der Waals surface area contributed by atoms with Crippen molar-refractivity contribution in [1.29, 1.82) is 0 Å². The maximum atomic E-state index is 11.9. The van der Waals surface area contributed by atoms with E-state index in [0.29, 0.717) is 19.3 Å². The number of amides is 1. The van der Waals surface area contributed by atoms with Crippen LogP contribution < -0.4 is 5.32 Å². The fraction of sp³-hybridized carbons (Fsp3) is 0.357. The number of pyridine rings is 1. The minimum atomic E-state index is -0.701. The number of rotatable bonds is 6. The van der Waals surface area contributed by atoms with Crippen LogP contribution in [0.15, 0.2) is 24.4 Å². The van der Waals surface area contributed by atoms with E-state index in [1.807, 2.05) is 0 Å². The van der Waals surface area contributed by atoms with E-state index in [4.69, 9.17) is 6.42 Å². The van der Waals surface area contributed by atoms with Gasteiger partial charge >= 0.3 is 5.97 Å². The molecule has 1 heterocycles. The molecule has 0 spiro atoms. The number of methoxy groups -OCH3 is 1. The number of carbonyl (C=O) groups excluding carboxylic acids is 2. The number of unbranched alkanes of at least 4 members (excludes halogenated alkanes) is 1. The summed E-state index contributed by atoms with van der Waals surface area (Å²) in [6.45, 7) is 0. The lowest BCUT2D eigenvalue weighted by molar-refractivity contribution is -0.143. The molecule has 100 valence electrons. The van der Waals surface area contributed by atoms with Gasteiger partial charge in [0.15, 0.2) is 0 Å². The third kappa shape index (κ3) is 4.80. The molecule has 0 saturated carbocycles. The average molecular weight is 260 g/mol. The monoisotopic (exact) mass is 260 g/mol. The molecule has 1 aromatic rings. The van der Waals surface area contributed by atoms with Gasteiger partial charge in [0.25, 0.3) is 5.91 Å². The molecule has 0 radical (unpaired) electrons. The van der Waals surface area contributed by atoms with Crippen LogP contribution in [0.5, 0.6) is 0 Å². The highest BCUT2D eigenvalue weighted by Gasteiger charge is 2.21. The standard InChI is InChI=1S/C14H16N2O3/c1-3-4-5-9-12(14(18)19-2)16-13(17)11-8-6-7-10-15-11/h1,6-8,10,12H,4-5,9H2,2H3,(H,16,17)/t12-/m1/s1. The molecular formula is C14H16N2O3. The summed E-state index contributed by atoms with van der Waals surface area (Å²) in [6, 6.07) is 4.29. The first-order valence-corrected chi connectivity index (χ1v) is 5.92. The normalized spacial score (nSPS) is 11.2. The quantitative estimate of drug-likeness (QED) is 0.473. The Kier molecular flexibility index (Phi) is 6.10. The highest BCUT2D eigenvalue weighted by molar-refractivity contribution is 5.95. The summed E-state index contributed by atoms with van der Waals surface area (Å²) in [5, 5.41) is 2.60. The highest BCUT2D eigenvalue weighted by Crippen LogP contribution is 2.04. The van der Waals surface area contributed by atoms with Crippen molar-refractivity contribution >= 4 is 11.9 Å². The van der Waals surface area contributed by atoms with E-state index < -0.39 is 17.9 Å². The fourth-order valence-corrected chi connectivity index (χ4v) is 1.53. The van der Waals surface area contributed by atoms with Crippen molar-refractivity contribution in [3.05, 3.63) is 30.1 Å². The zero-order valence-corrected chi connectivity index (χ0v) is 10.8. The molecule has 0 saturated heterocycles. The zero-order valence-electron chi connectivity index (χ0n) is 10.8. The Hall–Kier alpha value is -2.35. The third-order valence-corrected chi connectivity index (χ3v) is 2.50. The van der Waals surface area contributed by atoms with Crippen LogP contribution in [0.4, 0.5) is 0 Å². The van der Waals surface area contributed by atoms with Crippen molar-refractivity contribution in [2.75, 3.05) is 7.11 Å². The van der Waals surface area contributed by atoms with E-state index >= 15 is 0 Å². The van der Waals surface area contributed by atoms with E-state index in [9.17, 15) is 9.59 Å². The predicted molar refractivity (Wildman–Crippen MR) is 70.2 cm³/mol. The Balaban J connectivity index is 2.64. The van der Waals surface area contributed by atoms with Crippen molar-refractivity contribution in [3.63, 3.8) is 0 Å². The number of hydrogen-bond acceptors (Lipinski definition) is 4. The van der Waals surface area contributed by atoms with Crippen molar-refractivity contribution in [2.24, 2.45) is 0 Å². The van der Waals surface area contributed by atoms with Crippen LogP contribution >= 0.6 is 0 Å². The lowest BCUT2D eigenvalue weighted by Crippen LogP contribution is -2.41. The number of esters is 1. The summed E-state index contributed by atoms with van der Waals surface area (Å²) in [7, 11) is 1.28. The maximum Gasteiger partial charge on any atom is 0.328 e. The number of nitrogens with one attached hydrogen (secondary N) is 1. The summed E-state index contributed by atoms with van der Waals surface area (Å²) < 4.78 is 4.65. The summed E-state index contributed by atoms with van der Waals surface area (Å²) >= 11 is 0. The van der Waals surface area contributed by atoms with Crippen LogP contribution in [0.25, 0.3) is 0 Å². The molecule has 1 N–H and O–H groups in total. The largest absolute Gasteiger partial charge is 0.467 e. The Morgan fingerprint density at radius 3 is 2.89 bits per heavy atom. The Bertz CT molecular complexity index is 465. The second kappa shape index (κ2) is 7.88. The first-order chi connectivity index (χ1) is 9.19. The molecule has 5 heteroatoms. The number of carbonyl (C=O) groups is 2. The van der Waals surface area contributed by atoms with Crippen LogP contribution in [0.1, 0.15) is 29.8 Å². The SMILES string of the molecule is C#CCCC[C@@H](NC(=O)c1ccccn1)C(=O)OC. The zero-order chi connectivity index (χ0) is 14.1. The molecule has 0 aliphatic heterocycles.